The molecule has 2 aromatic rings. The van der Waals surface area contributed by atoms with Crippen LogP contribution in [0.5, 0.6) is 5.75 Å². The summed E-state index contributed by atoms with van der Waals surface area (Å²) in [7, 11) is 0. The van der Waals surface area contributed by atoms with E-state index in [1.165, 1.54) is 25.1 Å². The van der Waals surface area contributed by atoms with E-state index in [1.807, 2.05) is 0 Å². The third-order valence-electron chi connectivity index (χ3n) is 8.12. The van der Waals surface area contributed by atoms with Crippen LogP contribution in [0.4, 0.5) is 4.39 Å². The second kappa shape index (κ2) is 14.5. The maximum Gasteiger partial charge on any atom is 0.247 e. The molecule has 250 valence electrons. The van der Waals surface area contributed by atoms with Gasteiger partial charge in [-0.3, -0.25) is 4.79 Å². The van der Waals surface area contributed by atoms with E-state index >= 15 is 4.39 Å². The summed E-state index contributed by atoms with van der Waals surface area (Å²) < 4.78 is 37.0. The molecule has 0 spiro atoms. The van der Waals surface area contributed by atoms with Gasteiger partial charge in [-0.25, -0.2) is 4.39 Å². The van der Waals surface area contributed by atoms with E-state index in [0.717, 1.165) is 6.07 Å². The fourth-order valence-electron chi connectivity index (χ4n) is 5.59. The van der Waals surface area contributed by atoms with E-state index in [1.54, 1.807) is 32.0 Å². The molecular formula is C31H35Cl2FN2O10. The van der Waals surface area contributed by atoms with Gasteiger partial charge in [-0.05, 0) is 56.7 Å². The molecule has 1 saturated carbocycles. The van der Waals surface area contributed by atoms with E-state index in [0.29, 0.717) is 26.9 Å². The van der Waals surface area contributed by atoms with Gasteiger partial charge in [-0.1, -0.05) is 40.5 Å². The summed E-state index contributed by atoms with van der Waals surface area (Å²) in [5.74, 6) is -1.52. The molecule has 12 nitrogen and oxygen atoms in total. The lowest BCUT2D eigenvalue weighted by Gasteiger charge is -2.41. The molecule has 0 bridgehead atoms. The van der Waals surface area contributed by atoms with Crippen molar-refractivity contribution in [2.45, 2.75) is 88.4 Å². The molecule has 15 heteroatoms. The summed E-state index contributed by atoms with van der Waals surface area (Å²) in [6.45, 7) is 4.70. The third kappa shape index (κ3) is 7.48. The van der Waals surface area contributed by atoms with Gasteiger partial charge in [0.25, 0.3) is 0 Å². The molecule has 3 aliphatic rings. The Morgan fingerprint density at radius 2 is 1.78 bits per heavy atom. The maximum atomic E-state index is 15.0. The lowest BCUT2D eigenvalue weighted by molar-refractivity contribution is -0.155. The fraction of sp³-hybridized carbons (Fsp3) is 0.484. The molecule has 46 heavy (non-hydrogen) atoms. The number of carbonyl (C=O) groups excluding carboxylic acids is 1. The lowest BCUT2D eigenvalue weighted by atomic mass is 9.83. The maximum absolute atomic E-state index is 15.0. The molecule has 1 unspecified atom stereocenters. The van der Waals surface area contributed by atoms with Crippen LogP contribution in [-0.4, -0.2) is 100 Å². The summed E-state index contributed by atoms with van der Waals surface area (Å²) in [6.07, 6.45) is -8.01. The van der Waals surface area contributed by atoms with Crippen LogP contribution in [0.1, 0.15) is 38.3 Å². The van der Waals surface area contributed by atoms with Crippen LogP contribution in [0.2, 0.25) is 10.0 Å². The molecule has 2 saturated heterocycles. The average molecular weight is 686 g/mol. The fourth-order valence-corrected chi connectivity index (χ4v) is 6.13. The first-order valence-electron chi connectivity index (χ1n) is 14.6. The Morgan fingerprint density at radius 1 is 1.07 bits per heavy atom. The predicted octanol–water partition coefficient (Wildman–Crippen LogP) is 2.54. The molecule has 1 aliphatic carbocycles. The number of amides is 1. The summed E-state index contributed by atoms with van der Waals surface area (Å²) >= 11 is 12.2. The Morgan fingerprint density at radius 3 is 2.48 bits per heavy atom. The van der Waals surface area contributed by atoms with Gasteiger partial charge in [0.2, 0.25) is 12.2 Å². The summed E-state index contributed by atoms with van der Waals surface area (Å²) in [6, 6.07) is 7.79. The van der Waals surface area contributed by atoms with Crippen molar-refractivity contribution in [3.05, 3.63) is 69.0 Å². The summed E-state index contributed by atoms with van der Waals surface area (Å²) in [5.41, 5.74) is 1.60. The average Bonchev–Trinajstić information content (AvgIpc) is 3.65. The minimum absolute atomic E-state index is 0.0524. The number of aliphatic hydroxyl groups excluding tert-OH is 4. The van der Waals surface area contributed by atoms with Crippen LogP contribution in [0.3, 0.4) is 0 Å². The molecule has 5 N–H and O–H groups in total. The minimum Gasteiger partial charge on any atom is -0.462 e. The van der Waals surface area contributed by atoms with Gasteiger partial charge in [0.05, 0.1) is 22.9 Å². The van der Waals surface area contributed by atoms with Crippen molar-refractivity contribution >= 4 is 40.9 Å². The highest BCUT2D eigenvalue weighted by Crippen LogP contribution is 2.31. The Kier molecular flexibility index (Phi) is 10.9. The number of ether oxygens (including phenoxy) is 4. The molecule has 10 atom stereocenters. The highest BCUT2D eigenvalue weighted by molar-refractivity contribution is 6.37. The molecule has 5 rings (SSSR count). The zero-order valence-electron chi connectivity index (χ0n) is 25.0. The highest BCUT2D eigenvalue weighted by Gasteiger charge is 2.53. The first kappa shape index (κ1) is 34.5. The molecule has 2 aliphatic heterocycles. The number of rotatable bonds is 9. The van der Waals surface area contributed by atoms with E-state index in [4.69, 9.17) is 47.0 Å². The first-order valence-corrected chi connectivity index (χ1v) is 15.3. The minimum atomic E-state index is -1.50. The van der Waals surface area contributed by atoms with Crippen molar-refractivity contribution in [3.63, 3.8) is 0 Å². The summed E-state index contributed by atoms with van der Waals surface area (Å²) in [5, 5.41) is 49.4. The number of fused-ring (bicyclic) bond motifs is 1. The van der Waals surface area contributed by atoms with E-state index in [2.05, 4.69) is 10.5 Å². The Bertz CT molecular complexity index is 1500. The van der Waals surface area contributed by atoms with E-state index in [-0.39, 0.29) is 24.5 Å². The number of aliphatic hydroxyl groups is 4. The number of oxime groups is 1. The van der Waals surface area contributed by atoms with Crippen molar-refractivity contribution < 1.29 is 53.4 Å². The van der Waals surface area contributed by atoms with Gasteiger partial charge >= 0.3 is 0 Å². The second-order valence-corrected chi connectivity index (χ2v) is 12.3. The topological polar surface area (TPSA) is 169 Å². The van der Waals surface area contributed by atoms with Crippen LogP contribution in [0, 0.1) is 5.82 Å². The second-order valence-electron chi connectivity index (χ2n) is 11.4. The van der Waals surface area contributed by atoms with Gasteiger partial charge in [-0.2, -0.15) is 0 Å². The Hall–Kier alpha value is -2.85. The number of nitrogens with one attached hydrogen (secondary N) is 1. The molecule has 0 aromatic heterocycles. The number of hydrogen-bond acceptors (Lipinski definition) is 11. The van der Waals surface area contributed by atoms with Gasteiger partial charge in [-0.15, -0.1) is 0 Å². The van der Waals surface area contributed by atoms with E-state index < -0.39 is 72.9 Å². The van der Waals surface area contributed by atoms with Gasteiger partial charge in [0.15, 0.2) is 17.7 Å². The van der Waals surface area contributed by atoms with Crippen molar-refractivity contribution in [2.24, 2.45) is 5.16 Å². The molecule has 1 amide bonds. The Labute approximate surface area is 274 Å². The van der Waals surface area contributed by atoms with Crippen LogP contribution in [0.25, 0.3) is 6.08 Å². The molecule has 0 radical (unpaired) electrons. The SMILES string of the molecule is CC(=NOC(C)[C@H]1O[C@@H](Oc2ccc(/C=C(\C)C(=O)N[C@@H]3[C@H](O)[C@@H](O)[C@H]4OCO[C@H]4[C@@H]3O)cc2F)C[C@@H]1O)c1ccc(Cl)cc1Cl. The predicted molar refractivity (Wildman–Crippen MR) is 164 cm³/mol. The largest absolute Gasteiger partial charge is 0.462 e. The summed E-state index contributed by atoms with van der Waals surface area (Å²) in [4.78, 5) is 18.4. The normalized spacial score (nSPS) is 32.2. The zero-order chi connectivity index (χ0) is 33.3. The van der Waals surface area contributed by atoms with Crippen LogP contribution in [0.15, 0.2) is 47.1 Å². The van der Waals surface area contributed by atoms with Crippen LogP contribution < -0.4 is 10.1 Å². The number of hydrogen-bond donors (Lipinski definition) is 5. The highest BCUT2D eigenvalue weighted by atomic mass is 35.5. The van der Waals surface area contributed by atoms with Crippen molar-refractivity contribution in [1.82, 2.24) is 5.32 Å². The van der Waals surface area contributed by atoms with Crippen LogP contribution >= 0.6 is 23.2 Å². The lowest BCUT2D eigenvalue weighted by Crippen LogP contribution is -2.67. The van der Waals surface area contributed by atoms with Crippen molar-refractivity contribution in [2.75, 3.05) is 6.79 Å². The van der Waals surface area contributed by atoms with Gasteiger partial charge in [0, 0.05) is 22.6 Å². The molecule has 2 aromatic carbocycles. The number of nitrogens with zero attached hydrogens (tertiary/aromatic N) is 1. The molecule has 2 heterocycles. The van der Waals surface area contributed by atoms with Gasteiger partial charge < -0.3 is 49.5 Å². The molecular weight excluding hydrogens is 650 g/mol. The number of halogens is 3. The first-order chi connectivity index (χ1) is 21.8. The monoisotopic (exact) mass is 684 g/mol. The molecule has 3 fully saturated rings. The number of benzene rings is 2. The quantitative estimate of drug-likeness (QED) is 0.150. The standard InChI is InChI=1S/C31H35Cl2FN2O10/c1-13(31(41)35-24-25(38)27(40)30-29(26(24)39)42-12-43-30)8-16-4-7-22(20(34)9-16)44-23-11-21(37)28(45-23)15(3)46-36-14(2)18-6-5-17(32)10-19(18)33/h4-10,15,21,23-30,37-40H,11-12H2,1-3H3,(H,35,41)/b13-8+,36-14?/t15?,21-,23+,24+,25-,26+,27+,28+,29-,30+/m0/s1. The zero-order valence-corrected chi connectivity index (χ0v) is 26.6. The van der Waals surface area contributed by atoms with Gasteiger partial charge in [0.1, 0.15) is 43.4 Å². The van der Waals surface area contributed by atoms with Crippen LogP contribution in [-0.2, 0) is 23.8 Å². The van der Waals surface area contributed by atoms with E-state index in [9.17, 15) is 25.2 Å². The van der Waals surface area contributed by atoms with Crippen molar-refractivity contribution in [3.8, 4) is 5.75 Å². The number of carbonyl (C=O) groups is 1. The Balaban J connectivity index is 1.16. The smallest absolute Gasteiger partial charge is 0.247 e. The third-order valence-corrected chi connectivity index (χ3v) is 8.67. The van der Waals surface area contributed by atoms with Crippen molar-refractivity contribution in [1.29, 1.82) is 0 Å².